The second-order valence-corrected chi connectivity index (χ2v) is 18.7. The number of aromatic nitrogens is 5. The lowest BCUT2D eigenvalue weighted by Crippen LogP contribution is -2.54. The number of H-pyrrole nitrogens is 2. The number of aliphatic hydroxyl groups excluding tert-OH is 2. The fraction of sp³-hybridized carbons (Fsp3) is 0.440. The number of carbonyl (C=O) groups is 2. The van der Waals surface area contributed by atoms with Crippen molar-refractivity contribution in [2.24, 2.45) is 11.8 Å². The maximum Gasteiger partial charge on any atom is 0.407 e. The first-order valence-electron chi connectivity index (χ1n) is 23.3. The van der Waals surface area contributed by atoms with Crippen LogP contribution in [0.2, 0.25) is 0 Å². The minimum atomic E-state index is -1.03. The maximum absolute atomic E-state index is 16.9. The van der Waals surface area contributed by atoms with E-state index in [1.807, 2.05) is 66.3 Å². The van der Waals surface area contributed by atoms with Crippen molar-refractivity contribution in [3.8, 4) is 45.3 Å². The van der Waals surface area contributed by atoms with Gasteiger partial charge in [-0.05, 0) is 80.0 Å². The van der Waals surface area contributed by atoms with Gasteiger partial charge in [0.1, 0.15) is 47.2 Å². The molecule has 3 aromatic carbocycles. The van der Waals surface area contributed by atoms with Crippen LogP contribution in [0.1, 0.15) is 88.9 Å². The van der Waals surface area contributed by atoms with Gasteiger partial charge in [-0.15, -0.1) is 0 Å². The molecular formula is C50H59F2N9O8. The van der Waals surface area contributed by atoms with E-state index in [0.29, 0.717) is 64.9 Å². The molecule has 366 valence electrons. The Balaban J connectivity index is 1.05. The molecule has 0 bridgehead atoms. The SMILES string of the molecule is COC(=O)NC(C(C)C)C(O)N1CCCC1c1ncc(-c2cc(F)c3c(c2)OC(c2cc(F)cc(OC)c2)n2c-3cc3cc(-c4cnc(C5CCCN5C(O)C(NC(=O)OC)C(C)C)[nH]4)ccc32)[nH]1. The number of nitrogens with one attached hydrogen (secondary N) is 4. The number of hydrogen-bond acceptors (Lipinski definition) is 12. The van der Waals surface area contributed by atoms with E-state index in [0.717, 1.165) is 35.9 Å². The minimum absolute atomic E-state index is 0.0772. The molecule has 19 heteroatoms. The Morgan fingerprint density at radius 3 is 1.90 bits per heavy atom. The molecule has 6 aromatic rings. The fourth-order valence-corrected chi connectivity index (χ4v) is 10.2. The highest BCUT2D eigenvalue weighted by atomic mass is 19.1. The number of fused-ring (bicyclic) bond motifs is 5. The predicted molar refractivity (Wildman–Crippen MR) is 252 cm³/mol. The molecule has 6 N–H and O–H groups in total. The third kappa shape index (κ3) is 9.11. The van der Waals surface area contributed by atoms with Gasteiger partial charge in [-0.3, -0.25) is 9.80 Å². The highest BCUT2D eigenvalue weighted by Crippen LogP contribution is 2.48. The van der Waals surface area contributed by atoms with E-state index in [9.17, 15) is 19.8 Å². The van der Waals surface area contributed by atoms with Crippen LogP contribution in [-0.2, 0) is 9.47 Å². The van der Waals surface area contributed by atoms with Gasteiger partial charge in [0.05, 0.1) is 86.1 Å². The fourth-order valence-electron chi connectivity index (χ4n) is 10.2. The van der Waals surface area contributed by atoms with E-state index in [1.165, 1.54) is 39.5 Å². The number of aliphatic hydroxyl groups is 2. The van der Waals surface area contributed by atoms with E-state index >= 15 is 8.78 Å². The first kappa shape index (κ1) is 47.5. The number of aromatic amines is 2. The molecule has 0 aliphatic carbocycles. The monoisotopic (exact) mass is 951 g/mol. The smallest absolute Gasteiger partial charge is 0.407 e. The van der Waals surface area contributed by atoms with Gasteiger partial charge in [-0.25, -0.2) is 28.3 Å². The quantitative estimate of drug-likeness (QED) is 0.0615. The molecule has 3 aliphatic rings. The Labute approximate surface area is 398 Å². The zero-order chi connectivity index (χ0) is 48.8. The Morgan fingerprint density at radius 1 is 0.768 bits per heavy atom. The molecule has 7 atom stereocenters. The van der Waals surface area contributed by atoms with Gasteiger partial charge < -0.3 is 54.3 Å². The number of hydrogen-bond donors (Lipinski definition) is 6. The zero-order valence-corrected chi connectivity index (χ0v) is 39.6. The lowest BCUT2D eigenvalue weighted by Gasteiger charge is -2.35. The Hall–Kier alpha value is -6.54. The van der Waals surface area contributed by atoms with Crippen LogP contribution >= 0.6 is 0 Å². The summed E-state index contributed by atoms with van der Waals surface area (Å²) < 4.78 is 55.9. The summed E-state index contributed by atoms with van der Waals surface area (Å²) in [5.74, 6) is 0.524. The standard InChI is InChI=1S/C50H59F2N9O8/c1-25(2)42(57-49(64)67-6)46(62)59-14-8-10-37(59)44-53-23-34(55-44)27-12-13-36-29(16-27)20-39-41-33(52)19-28(21-40(41)69-48(61(36)39)30-17-31(51)22-32(18-30)66-5)35-24-54-45(56-35)38-11-9-15-60(38)47(63)43(26(3)4)58-50(65)68-7/h12-13,16-26,37-38,42-43,46-48,62-63H,8-11,14-15H2,1-7H3,(H,53,55)(H,54,56)(H,57,64)(H,58,65). The summed E-state index contributed by atoms with van der Waals surface area (Å²) in [6, 6.07) is 13.5. The summed E-state index contributed by atoms with van der Waals surface area (Å²) in [6.07, 6.45) is 2.25. The Kier molecular flexibility index (Phi) is 13.4. The average Bonchev–Trinajstić information content (AvgIpc) is 4.20. The molecule has 0 radical (unpaired) electrons. The summed E-state index contributed by atoms with van der Waals surface area (Å²) in [4.78, 5) is 44.5. The second kappa shape index (κ2) is 19.5. The van der Waals surface area contributed by atoms with Crippen LogP contribution in [0.3, 0.4) is 0 Å². The molecule has 2 fully saturated rings. The van der Waals surface area contributed by atoms with Crippen molar-refractivity contribution in [1.29, 1.82) is 0 Å². The number of imidazole rings is 2. The van der Waals surface area contributed by atoms with Gasteiger partial charge in [0.25, 0.3) is 0 Å². The van der Waals surface area contributed by atoms with Crippen molar-refractivity contribution in [2.75, 3.05) is 34.4 Å². The summed E-state index contributed by atoms with van der Waals surface area (Å²) in [5, 5.41) is 29.4. The van der Waals surface area contributed by atoms with Crippen molar-refractivity contribution < 1.29 is 47.5 Å². The third-order valence-corrected chi connectivity index (χ3v) is 13.8. The number of rotatable bonds is 14. The molecule has 69 heavy (non-hydrogen) atoms. The maximum atomic E-state index is 16.9. The van der Waals surface area contributed by atoms with Crippen LogP contribution in [0.4, 0.5) is 18.4 Å². The topological polar surface area (TPSA) is 204 Å². The van der Waals surface area contributed by atoms with Crippen molar-refractivity contribution in [2.45, 2.75) is 96.2 Å². The van der Waals surface area contributed by atoms with E-state index in [-0.39, 0.29) is 35.2 Å². The summed E-state index contributed by atoms with van der Waals surface area (Å²) in [6.45, 7) is 8.86. The van der Waals surface area contributed by atoms with Gasteiger partial charge in [0.2, 0.25) is 6.23 Å². The number of carbonyl (C=O) groups excluding carboxylic acids is 2. The lowest BCUT2D eigenvalue weighted by molar-refractivity contribution is -0.0440. The van der Waals surface area contributed by atoms with E-state index in [1.54, 1.807) is 24.5 Å². The number of benzene rings is 3. The lowest BCUT2D eigenvalue weighted by atomic mass is 10.0. The number of amides is 2. The van der Waals surface area contributed by atoms with Crippen LogP contribution < -0.4 is 20.1 Å². The number of nitrogens with zero attached hydrogens (tertiary/aromatic N) is 5. The summed E-state index contributed by atoms with van der Waals surface area (Å²) in [7, 11) is 4.03. The molecule has 0 saturated carbocycles. The van der Waals surface area contributed by atoms with Crippen molar-refractivity contribution in [3.63, 3.8) is 0 Å². The third-order valence-electron chi connectivity index (χ3n) is 13.8. The Morgan fingerprint density at radius 2 is 1.35 bits per heavy atom. The molecule has 6 heterocycles. The van der Waals surface area contributed by atoms with Crippen LogP contribution in [0.15, 0.2) is 67.0 Å². The van der Waals surface area contributed by atoms with E-state index in [2.05, 4.69) is 20.6 Å². The van der Waals surface area contributed by atoms with Gasteiger partial charge >= 0.3 is 12.2 Å². The number of likely N-dealkylation sites (tertiary alicyclic amines) is 2. The second-order valence-electron chi connectivity index (χ2n) is 18.7. The van der Waals surface area contributed by atoms with Gasteiger partial charge in [-0.2, -0.15) is 0 Å². The number of ether oxygens (including phenoxy) is 4. The molecule has 0 spiro atoms. The van der Waals surface area contributed by atoms with Crippen molar-refractivity contribution in [1.82, 2.24) is 44.9 Å². The van der Waals surface area contributed by atoms with Crippen LogP contribution in [0, 0.1) is 23.5 Å². The van der Waals surface area contributed by atoms with Crippen molar-refractivity contribution >= 4 is 23.1 Å². The van der Waals surface area contributed by atoms with Crippen LogP contribution in [-0.4, -0.2) is 116 Å². The number of methoxy groups -OCH3 is 3. The van der Waals surface area contributed by atoms with Crippen molar-refractivity contribution in [3.05, 3.63) is 95.8 Å². The predicted octanol–water partition coefficient (Wildman–Crippen LogP) is 7.99. The molecule has 9 rings (SSSR count). The largest absolute Gasteiger partial charge is 0.497 e. The van der Waals surface area contributed by atoms with Crippen LogP contribution in [0.25, 0.3) is 44.7 Å². The molecule has 2 amide bonds. The average molecular weight is 952 g/mol. The highest BCUT2D eigenvalue weighted by Gasteiger charge is 2.40. The molecule has 2 saturated heterocycles. The van der Waals surface area contributed by atoms with Crippen LogP contribution in [0.5, 0.6) is 11.5 Å². The molecule has 17 nitrogen and oxygen atoms in total. The number of halogens is 2. The Bertz CT molecular complexity index is 2850. The van der Waals surface area contributed by atoms with E-state index in [4.69, 9.17) is 28.9 Å². The minimum Gasteiger partial charge on any atom is -0.497 e. The van der Waals surface area contributed by atoms with Gasteiger partial charge in [-0.1, -0.05) is 33.8 Å². The molecular weight excluding hydrogens is 893 g/mol. The molecule has 3 aromatic heterocycles. The zero-order valence-electron chi connectivity index (χ0n) is 39.6. The number of alkyl carbamates (subject to hydrolysis) is 2. The summed E-state index contributed by atoms with van der Waals surface area (Å²) >= 11 is 0. The van der Waals surface area contributed by atoms with Gasteiger partial charge in [0.15, 0.2) is 0 Å². The van der Waals surface area contributed by atoms with E-state index < -0.39 is 54.6 Å². The van der Waals surface area contributed by atoms with Gasteiger partial charge in [0, 0.05) is 41.2 Å². The highest BCUT2D eigenvalue weighted by molar-refractivity contribution is 5.92. The molecule has 3 aliphatic heterocycles. The molecule has 7 unspecified atom stereocenters. The first-order valence-corrected chi connectivity index (χ1v) is 23.3. The normalized spacial score (nSPS) is 20.0. The summed E-state index contributed by atoms with van der Waals surface area (Å²) in [5.41, 5.74) is 4.43. The first-order chi connectivity index (χ1) is 33.2.